The SMILES string of the molecule is CCC[C@@H](O)c1cc(C)ccc1C. The van der Waals surface area contributed by atoms with E-state index in [1.54, 1.807) is 0 Å². The zero-order valence-electron chi connectivity index (χ0n) is 8.67. The van der Waals surface area contributed by atoms with Gasteiger partial charge in [0, 0.05) is 0 Å². The van der Waals surface area contributed by atoms with Crippen molar-refractivity contribution in [2.45, 2.75) is 39.7 Å². The van der Waals surface area contributed by atoms with Gasteiger partial charge in [-0.1, -0.05) is 37.1 Å². The Hall–Kier alpha value is -0.820. The monoisotopic (exact) mass is 178 g/mol. The Kier molecular flexibility index (Phi) is 3.49. The molecule has 1 aromatic rings. The molecule has 0 saturated heterocycles. The maximum Gasteiger partial charge on any atom is 0.0792 e. The van der Waals surface area contributed by atoms with E-state index < -0.39 is 0 Å². The van der Waals surface area contributed by atoms with Crippen LogP contribution in [0.15, 0.2) is 18.2 Å². The van der Waals surface area contributed by atoms with Gasteiger partial charge in [-0.3, -0.25) is 0 Å². The fourth-order valence-corrected chi connectivity index (χ4v) is 1.55. The van der Waals surface area contributed by atoms with Gasteiger partial charge in [0.1, 0.15) is 0 Å². The lowest BCUT2D eigenvalue weighted by Gasteiger charge is -2.13. The third kappa shape index (κ3) is 2.56. The summed E-state index contributed by atoms with van der Waals surface area (Å²) in [6.45, 7) is 6.20. The number of aliphatic hydroxyl groups excluding tert-OH is 1. The molecule has 0 aliphatic heterocycles. The second-order valence-corrected chi connectivity index (χ2v) is 3.66. The first kappa shape index (κ1) is 10.3. The van der Waals surface area contributed by atoms with E-state index in [-0.39, 0.29) is 6.10 Å². The molecule has 0 fully saturated rings. The van der Waals surface area contributed by atoms with Crippen LogP contribution in [0.1, 0.15) is 42.6 Å². The molecule has 0 radical (unpaired) electrons. The fraction of sp³-hybridized carbons (Fsp3) is 0.500. The second-order valence-electron chi connectivity index (χ2n) is 3.66. The van der Waals surface area contributed by atoms with Crippen LogP contribution < -0.4 is 0 Å². The van der Waals surface area contributed by atoms with E-state index in [1.807, 2.05) is 6.92 Å². The molecule has 13 heavy (non-hydrogen) atoms. The number of benzene rings is 1. The van der Waals surface area contributed by atoms with Gasteiger partial charge in [0.2, 0.25) is 0 Å². The molecule has 0 aromatic heterocycles. The summed E-state index contributed by atoms with van der Waals surface area (Å²) in [4.78, 5) is 0. The van der Waals surface area contributed by atoms with Crippen LogP contribution in [0.25, 0.3) is 0 Å². The normalized spacial score (nSPS) is 12.9. The van der Waals surface area contributed by atoms with Crippen molar-refractivity contribution >= 4 is 0 Å². The van der Waals surface area contributed by atoms with Crippen molar-refractivity contribution in [1.29, 1.82) is 0 Å². The molecule has 72 valence electrons. The molecule has 1 aromatic carbocycles. The predicted octanol–water partition coefficient (Wildman–Crippen LogP) is 3.14. The van der Waals surface area contributed by atoms with E-state index in [4.69, 9.17) is 0 Å². The van der Waals surface area contributed by atoms with Crippen LogP contribution in [0, 0.1) is 13.8 Å². The third-order valence-electron chi connectivity index (χ3n) is 2.36. The van der Waals surface area contributed by atoms with Gasteiger partial charge in [0.15, 0.2) is 0 Å². The zero-order chi connectivity index (χ0) is 9.84. The molecular weight excluding hydrogens is 160 g/mol. The minimum atomic E-state index is -0.287. The van der Waals surface area contributed by atoms with Crippen LogP contribution in [0.2, 0.25) is 0 Å². The van der Waals surface area contributed by atoms with E-state index in [1.165, 1.54) is 11.1 Å². The zero-order valence-corrected chi connectivity index (χ0v) is 8.67. The maximum absolute atomic E-state index is 9.83. The quantitative estimate of drug-likeness (QED) is 0.754. The summed E-state index contributed by atoms with van der Waals surface area (Å²) in [5.74, 6) is 0. The van der Waals surface area contributed by atoms with Gasteiger partial charge in [0.25, 0.3) is 0 Å². The van der Waals surface area contributed by atoms with Gasteiger partial charge in [-0.05, 0) is 31.4 Å². The molecule has 0 aliphatic carbocycles. The Bertz CT molecular complexity index is 278. The van der Waals surface area contributed by atoms with Crippen molar-refractivity contribution in [3.05, 3.63) is 34.9 Å². The highest BCUT2D eigenvalue weighted by Crippen LogP contribution is 2.22. The van der Waals surface area contributed by atoms with Gasteiger partial charge < -0.3 is 5.11 Å². The highest BCUT2D eigenvalue weighted by Gasteiger charge is 2.08. The lowest BCUT2D eigenvalue weighted by molar-refractivity contribution is 0.165. The highest BCUT2D eigenvalue weighted by atomic mass is 16.3. The molecule has 0 bridgehead atoms. The predicted molar refractivity (Wildman–Crippen MR) is 55.8 cm³/mol. The molecule has 0 spiro atoms. The summed E-state index contributed by atoms with van der Waals surface area (Å²) in [5.41, 5.74) is 3.49. The van der Waals surface area contributed by atoms with Gasteiger partial charge in [0.05, 0.1) is 6.10 Å². The van der Waals surface area contributed by atoms with Crippen molar-refractivity contribution in [2.24, 2.45) is 0 Å². The number of rotatable bonds is 3. The largest absolute Gasteiger partial charge is 0.388 e. The van der Waals surface area contributed by atoms with Crippen molar-refractivity contribution in [3.8, 4) is 0 Å². The van der Waals surface area contributed by atoms with Crippen LogP contribution in [0.3, 0.4) is 0 Å². The summed E-state index contributed by atoms with van der Waals surface area (Å²) < 4.78 is 0. The summed E-state index contributed by atoms with van der Waals surface area (Å²) in [6.07, 6.45) is 1.59. The first-order valence-electron chi connectivity index (χ1n) is 4.90. The topological polar surface area (TPSA) is 20.2 Å². The van der Waals surface area contributed by atoms with Gasteiger partial charge in [-0.2, -0.15) is 0 Å². The minimum absolute atomic E-state index is 0.287. The van der Waals surface area contributed by atoms with E-state index in [9.17, 15) is 5.11 Å². The molecule has 1 nitrogen and oxygen atoms in total. The van der Waals surface area contributed by atoms with Crippen LogP contribution in [-0.4, -0.2) is 5.11 Å². The maximum atomic E-state index is 9.83. The fourth-order valence-electron chi connectivity index (χ4n) is 1.55. The van der Waals surface area contributed by atoms with E-state index in [0.717, 1.165) is 18.4 Å². The van der Waals surface area contributed by atoms with E-state index >= 15 is 0 Å². The minimum Gasteiger partial charge on any atom is -0.388 e. The number of hydrogen-bond donors (Lipinski definition) is 1. The molecule has 1 N–H and O–H groups in total. The van der Waals surface area contributed by atoms with Crippen LogP contribution in [0.5, 0.6) is 0 Å². The van der Waals surface area contributed by atoms with Crippen molar-refractivity contribution < 1.29 is 5.11 Å². The Morgan fingerprint density at radius 3 is 2.62 bits per heavy atom. The second kappa shape index (κ2) is 4.43. The van der Waals surface area contributed by atoms with Crippen LogP contribution >= 0.6 is 0 Å². The molecule has 0 amide bonds. The Labute approximate surface area is 80.4 Å². The Balaban J connectivity index is 2.91. The molecule has 0 aliphatic rings. The molecule has 1 atom stereocenters. The van der Waals surface area contributed by atoms with Crippen LogP contribution in [-0.2, 0) is 0 Å². The smallest absolute Gasteiger partial charge is 0.0792 e. The molecule has 0 unspecified atom stereocenters. The third-order valence-corrected chi connectivity index (χ3v) is 2.36. The Morgan fingerprint density at radius 1 is 1.31 bits per heavy atom. The van der Waals surface area contributed by atoms with Gasteiger partial charge in [-0.15, -0.1) is 0 Å². The van der Waals surface area contributed by atoms with Gasteiger partial charge in [-0.25, -0.2) is 0 Å². The summed E-state index contributed by atoms with van der Waals surface area (Å²) in [5, 5.41) is 9.83. The number of aliphatic hydroxyl groups is 1. The summed E-state index contributed by atoms with van der Waals surface area (Å²) >= 11 is 0. The average molecular weight is 178 g/mol. The lowest BCUT2D eigenvalue weighted by Crippen LogP contribution is -1.99. The number of aryl methyl sites for hydroxylation is 2. The average Bonchev–Trinajstić information content (AvgIpc) is 2.09. The number of hydrogen-bond acceptors (Lipinski definition) is 1. The molecular formula is C12H18O. The molecule has 1 rings (SSSR count). The molecule has 0 heterocycles. The Morgan fingerprint density at radius 2 is 2.00 bits per heavy atom. The first-order valence-corrected chi connectivity index (χ1v) is 4.90. The van der Waals surface area contributed by atoms with E-state index in [2.05, 4.69) is 32.0 Å². The first-order chi connectivity index (χ1) is 6.15. The highest BCUT2D eigenvalue weighted by molar-refractivity contribution is 5.31. The molecule has 1 heteroatoms. The summed E-state index contributed by atoms with van der Waals surface area (Å²) in [7, 11) is 0. The summed E-state index contributed by atoms with van der Waals surface area (Å²) in [6, 6.07) is 6.23. The lowest BCUT2D eigenvalue weighted by atomic mass is 9.98. The van der Waals surface area contributed by atoms with Gasteiger partial charge >= 0.3 is 0 Å². The molecule has 0 saturated carbocycles. The van der Waals surface area contributed by atoms with Crippen molar-refractivity contribution in [3.63, 3.8) is 0 Å². The van der Waals surface area contributed by atoms with Crippen LogP contribution in [0.4, 0.5) is 0 Å². The van der Waals surface area contributed by atoms with Crippen molar-refractivity contribution in [1.82, 2.24) is 0 Å². The van der Waals surface area contributed by atoms with Crippen molar-refractivity contribution in [2.75, 3.05) is 0 Å². The standard InChI is InChI=1S/C12H18O/c1-4-5-12(13)11-8-9(2)6-7-10(11)3/h6-8,12-13H,4-5H2,1-3H3/t12-/m1/s1. The van der Waals surface area contributed by atoms with E-state index in [0.29, 0.717) is 0 Å².